The van der Waals surface area contributed by atoms with Gasteiger partial charge in [-0.05, 0) is 110 Å². The predicted octanol–water partition coefficient (Wildman–Crippen LogP) is 4.02. The maximum atomic E-state index is 13.5. The second-order valence-corrected chi connectivity index (χ2v) is 13.3. The van der Waals surface area contributed by atoms with Crippen molar-refractivity contribution >= 4 is 41.0 Å². The lowest BCUT2D eigenvalue weighted by molar-refractivity contribution is -0.124. The maximum absolute atomic E-state index is 13.5. The normalized spacial score (nSPS) is 19.4. The molecule has 0 spiro atoms. The second-order valence-electron chi connectivity index (χ2n) is 12.9. The van der Waals surface area contributed by atoms with Crippen LogP contribution in [0.5, 0.6) is 23.3 Å². The van der Waals surface area contributed by atoms with E-state index in [1.54, 1.807) is 85.2 Å². The van der Waals surface area contributed by atoms with Crippen molar-refractivity contribution in [3.63, 3.8) is 0 Å². The summed E-state index contributed by atoms with van der Waals surface area (Å²) >= 11 is 5.46. The molecule has 14 nitrogen and oxygen atoms in total. The number of thiocarbonyl (C=S) groups is 1. The first-order valence-electron chi connectivity index (χ1n) is 17.9. The highest BCUT2D eigenvalue weighted by Crippen LogP contribution is 2.22. The van der Waals surface area contributed by atoms with Gasteiger partial charge >= 0.3 is 0 Å². The molecule has 4 amide bonds. The van der Waals surface area contributed by atoms with Crippen molar-refractivity contribution in [3.8, 4) is 23.3 Å². The summed E-state index contributed by atoms with van der Waals surface area (Å²) < 4.78 is 11.8. The molecule has 280 valence electrons. The fraction of sp³-hybridized carbons (Fsp3) is 0.308. The Labute approximate surface area is 318 Å². The fourth-order valence-corrected chi connectivity index (χ4v) is 6.00. The maximum Gasteiger partial charge on any atom is 0.251 e. The van der Waals surface area contributed by atoms with Crippen molar-refractivity contribution in [1.29, 1.82) is 0 Å². The van der Waals surface area contributed by atoms with Crippen LogP contribution < -0.4 is 41.4 Å². The molecular formula is C39H42N8O6S. The molecular weight excluding hydrogens is 709 g/mol. The van der Waals surface area contributed by atoms with Crippen molar-refractivity contribution in [2.75, 3.05) is 13.1 Å². The van der Waals surface area contributed by atoms with E-state index in [9.17, 15) is 19.2 Å². The third-order valence-corrected chi connectivity index (χ3v) is 9.15. The van der Waals surface area contributed by atoms with Gasteiger partial charge in [0.05, 0.1) is 0 Å². The summed E-state index contributed by atoms with van der Waals surface area (Å²) in [7, 11) is 0. The number of aromatic nitrogens is 2. The molecule has 10 rings (SSSR count). The van der Waals surface area contributed by atoms with Crippen molar-refractivity contribution < 1.29 is 28.7 Å². The molecule has 2 aromatic heterocycles. The molecule has 2 aromatic carbocycles. The van der Waals surface area contributed by atoms with Gasteiger partial charge in [-0.15, -0.1) is 0 Å². The van der Waals surface area contributed by atoms with E-state index < -0.39 is 23.9 Å². The van der Waals surface area contributed by atoms with E-state index in [-0.39, 0.29) is 24.9 Å². The van der Waals surface area contributed by atoms with Crippen LogP contribution in [0.2, 0.25) is 0 Å². The zero-order chi connectivity index (χ0) is 37.7. The van der Waals surface area contributed by atoms with E-state index in [0.29, 0.717) is 91.1 Å². The third-order valence-electron chi connectivity index (χ3n) is 8.86. The standard InChI is InChI=1S/C39H42N8O6S/c48-35-27-9-13-29(14-10-27)52-34-18-8-26(22-43-34)24-45-38(51)32-6-2-4-20-41-39(54)40-19-3-1-5-31(46-35)37(50)44-23-25-7-17-33(42-21-25)53-30-15-11-28(12-16-30)36(49)47-32/h7-18,21-22,31-32H,1-6,19-20,23-24H2,(H,44,50)(H,45,51)(H,46,48)(H,47,49)(H2,40,41,54). The van der Waals surface area contributed by atoms with E-state index >= 15 is 0 Å². The lowest BCUT2D eigenvalue weighted by Gasteiger charge is -2.19. The number of hydrogen-bond donors (Lipinski definition) is 6. The number of amides is 4. The van der Waals surface area contributed by atoms with Crippen molar-refractivity contribution in [3.05, 3.63) is 107 Å². The molecule has 15 heteroatoms. The van der Waals surface area contributed by atoms with Crippen LogP contribution in [-0.4, -0.2) is 63.9 Å². The van der Waals surface area contributed by atoms with Crippen molar-refractivity contribution in [2.24, 2.45) is 0 Å². The average Bonchev–Trinajstić information content (AvgIpc) is 3.18. The molecule has 6 N–H and O–H groups in total. The molecule has 0 radical (unpaired) electrons. The van der Waals surface area contributed by atoms with Gasteiger partial charge in [0, 0.05) is 61.8 Å². The molecule has 2 atom stereocenters. The number of benzene rings is 2. The molecule has 0 saturated carbocycles. The zero-order valence-electron chi connectivity index (χ0n) is 29.6. The lowest BCUT2D eigenvalue weighted by atomic mass is 10.1. The van der Waals surface area contributed by atoms with Crippen LogP contribution in [0.15, 0.2) is 85.2 Å². The van der Waals surface area contributed by atoms with E-state index in [1.165, 1.54) is 0 Å². The van der Waals surface area contributed by atoms with Crippen LogP contribution in [-0.2, 0) is 22.7 Å². The van der Waals surface area contributed by atoms with Crippen LogP contribution in [0.4, 0.5) is 0 Å². The fourth-order valence-electron chi connectivity index (χ4n) is 5.80. The predicted molar refractivity (Wildman–Crippen MR) is 204 cm³/mol. The van der Waals surface area contributed by atoms with E-state index in [0.717, 1.165) is 11.1 Å². The van der Waals surface area contributed by atoms with Crippen LogP contribution in [0.1, 0.15) is 70.4 Å². The summed E-state index contributed by atoms with van der Waals surface area (Å²) in [5, 5.41) is 18.5. The first-order chi connectivity index (χ1) is 26.3. The summed E-state index contributed by atoms with van der Waals surface area (Å²) in [4.78, 5) is 62.4. The first kappa shape index (κ1) is 37.7. The van der Waals surface area contributed by atoms with Crippen LogP contribution in [0, 0.1) is 0 Å². The molecule has 0 fully saturated rings. The summed E-state index contributed by atoms with van der Waals surface area (Å²) in [5.74, 6) is 0.124. The van der Waals surface area contributed by atoms with Gasteiger partial charge in [-0.25, -0.2) is 9.97 Å². The number of rotatable bonds is 0. The van der Waals surface area contributed by atoms with Crippen LogP contribution in [0.25, 0.3) is 0 Å². The molecule has 4 aromatic rings. The molecule has 0 saturated heterocycles. The molecule has 8 heterocycles. The minimum Gasteiger partial charge on any atom is -0.439 e. The van der Waals surface area contributed by atoms with Gasteiger partial charge in [0.2, 0.25) is 23.6 Å². The molecule has 0 aliphatic carbocycles. The molecule has 10 bridgehead atoms. The summed E-state index contributed by atoms with van der Waals surface area (Å²) in [6.07, 6.45) is 6.66. The van der Waals surface area contributed by atoms with Crippen LogP contribution in [0.3, 0.4) is 0 Å². The number of carbonyl (C=O) groups is 4. The number of fused-ring (bicyclic) bond motifs is 4. The topological polar surface area (TPSA) is 185 Å². The summed E-state index contributed by atoms with van der Waals surface area (Å²) in [6.45, 7) is 1.51. The van der Waals surface area contributed by atoms with Gasteiger partial charge in [-0.1, -0.05) is 12.1 Å². The quantitative estimate of drug-likeness (QED) is 0.143. The monoisotopic (exact) mass is 750 g/mol. The molecule has 2 unspecified atom stereocenters. The lowest BCUT2D eigenvalue weighted by Crippen LogP contribution is -2.46. The SMILES string of the molecule is O=C1NC2CCCCNC(=S)NCCCCC(NC(=O)c3ccc(cc3)Oc3ccc(cn3)CNC2=O)C(=O)NCc2ccc(nc2)Oc2ccc1cc2. The highest BCUT2D eigenvalue weighted by molar-refractivity contribution is 7.80. The Hall–Kier alpha value is -6.09. The number of pyridine rings is 2. The average molecular weight is 751 g/mol. The van der Waals surface area contributed by atoms with Crippen molar-refractivity contribution in [2.45, 2.75) is 63.7 Å². The summed E-state index contributed by atoms with van der Waals surface area (Å²) in [5.41, 5.74) is 2.18. The number of ether oxygens (including phenoxy) is 2. The Kier molecular flexibility index (Phi) is 13.0. The van der Waals surface area contributed by atoms with Crippen molar-refractivity contribution in [1.82, 2.24) is 41.9 Å². The molecule has 6 aliphatic rings. The highest BCUT2D eigenvalue weighted by atomic mass is 32.1. The number of carbonyl (C=O) groups excluding carboxylic acids is 4. The molecule has 6 aliphatic heterocycles. The third kappa shape index (κ3) is 11.0. The Morgan fingerprint density at radius 1 is 0.537 bits per heavy atom. The minimum atomic E-state index is -0.795. The second kappa shape index (κ2) is 18.6. The first-order valence-corrected chi connectivity index (χ1v) is 18.3. The van der Waals surface area contributed by atoms with Crippen LogP contribution >= 0.6 is 12.2 Å². The number of nitrogens with zero attached hydrogens (tertiary/aromatic N) is 2. The van der Waals surface area contributed by atoms with Gasteiger partial charge in [0.15, 0.2) is 5.11 Å². The van der Waals surface area contributed by atoms with E-state index in [4.69, 9.17) is 21.7 Å². The Balaban J connectivity index is 1.29. The Morgan fingerprint density at radius 3 is 1.35 bits per heavy atom. The smallest absolute Gasteiger partial charge is 0.251 e. The summed E-state index contributed by atoms with van der Waals surface area (Å²) in [6, 6.07) is 18.4. The van der Waals surface area contributed by atoms with Gasteiger partial charge < -0.3 is 41.4 Å². The minimum absolute atomic E-state index is 0.184. The van der Waals surface area contributed by atoms with Gasteiger partial charge in [-0.3, -0.25) is 19.2 Å². The highest BCUT2D eigenvalue weighted by Gasteiger charge is 2.23. The zero-order valence-corrected chi connectivity index (χ0v) is 30.4. The van der Waals surface area contributed by atoms with E-state index in [1.807, 2.05) is 0 Å². The van der Waals surface area contributed by atoms with Gasteiger partial charge in [-0.2, -0.15) is 0 Å². The Bertz CT molecular complexity index is 1790. The number of nitrogens with one attached hydrogen (secondary N) is 6. The molecule has 54 heavy (non-hydrogen) atoms. The van der Waals surface area contributed by atoms with E-state index in [2.05, 4.69) is 41.9 Å². The van der Waals surface area contributed by atoms with Gasteiger partial charge in [0.25, 0.3) is 11.8 Å². The number of hydrogen-bond acceptors (Lipinski definition) is 9. The largest absolute Gasteiger partial charge is 0.439 e. The van der Waals surface area contributed by atoms with Gasteiger partial charge in [0.1, 0.15) is 23.6 Å². The Morgan fingerprint density at radius 2 is 0.963 bits per heavy atom.